The summed E-state index contributed by atoms with van der Waals surface area (Å²) in [5.74, 6) is 4.11. The number of para-hydroxylation sites is 1. The maximum atomic E-state index is 6.00. The van der Waals surface area contributed by atoms with Crippen LogP contribution in [-0.2, 0) is 13.5 Å². The van der Waals surface area contributed by atoms with E-state index in [2.05, 4.69) is 48.7 Å². The Morgan fingerprint density at radius 1 is 1.24 bits per heavy atom. The molecule has 3 rings (SSSR count). The van der Waals surface area contributed by atoms with Crippen molar-refractivity contribution >= 4 is 10.9 Å². The van der Waals surface area contributed by atoms with E-state index in [1.165, 1.54) is 54.3 Å². The molecule has 2 aromatic rings. The van der Waals surface area contributed by atoms with Gasteiger partial charge in [0.25, 0.3) is 0 Å². The zero-order chi connectivity index (χ0) is 14.8. The van der Waals surface area contributed by atoms with Gasteiger partial charge in [0, 0.05) is 23.6 Å². The molecule has 110 valence electrons. The number of benzene rings is 1. The monoisotopic (exact) mass is 279 g/mol. The van der Waals surface area contributed by atoms with Crippen LogP contribution in [0, 0.1) is 18.3 Å². The average molecular weight is 279 g/mol. The van der Waals surface area contributed by atoms with Crippen LogP contribution in [0.3, 0.4) is 0 Å². The van der Waals surface area contributed by atoms with Crippen LogP contribution in [0.4, 0.5) is 0 Å². The first kappa shape index (κ1) is 14.3. The van der Waals surface area contributed by atoms with Crippen LogP contribution >= 0.6 is 0 Å². The van der Waals surface area contributed by atoms with Gasteiger partial charge in [-0.05, 0) is 36.8 Å². The Morgan fingerprint density at radius 3 is 2.62 bits per heavy atom. The molecule has 0 spiro atoms. The Hall–Kier alpha value is -1.68. The lowest BCUT2D eigenvalue weighted by molar-refractivity contribution is 0.337. The molecule has 1 aliphatic rings. The zero-order valence-electron chi connectivity index (χ0n) is 13.2. The van der Waals surface area contributed by atoms with E-state index in [4.69, 9.17) is 6.42 Å². The Labute approximate surface area is 128 Å². The number of aryl methyl sites for hydroxylation is 1. The second-order valence-electron chi connectivity index (χ2n) is 6.33. The lowest BCUT2D eigenvalue weighted by Crippen LogP contribution is -2.16. The third-order valence-corrected chi connectivity index (χ3v) is 5.22. The molecule has 1 saturated carbocycles. The number of rotatable bonds is 3. The van der Waals surface area contributed by atoms with Crippen molar-refractivity contribution in [2.75, 3.05) is 0 Å². The van der Waals surface area contributed by atoms with Crippen LogP contribution in [0.2, 0.25) is 0 Å². The fourth-order valence-corrected chi connectivity index (χ4v) is 4.17. The van der Waals surface area contributed by atoms with E-state index >= 15 is 0 Å². The molecule has 1 aromatic heterocycles. The largest absolute Gasteiger partial charge is 0.347 e. The van der Waals surface area contributed by atoms with E-state index in [-0.39, 0.29) is 5.92 Å². The molecule has 21 heavy (non-hydrogen) atoms. The van der Waals surface area contributed by atoms with Gasteiger partial charge in [-0.15, -0.1) is 6.42 Å². The van der Waals surface area contributed by atoms with Gasteiger partial charge in [0.05, 0.1) is 5.92 Å². The predicted octanol–water partition coefficient (Wildman–Crippen LogP) is 5.04. The molecule has 1 heteroatoms. The number of fused-ring (bicyclic) bond motifs is 1. The van der Waals surface area contributed by atoms with Crippen LogP contribution in [0.5, 0.6) is 0 Å². The molecule has 1 heterocycles. The van der Waals surface area contributed by atoms with E-state index in [0.29, 0.717) is 5.92 Å². The van der Waals surface area contributed by atoms with Gasteiger partial charge in [-0.1, -0.05) is 50.3 Å². The quantitative estimate of drug-likeness (QED) is 0.694. The second kappa shape index (κ2) is 5.98. The second-order valence-corrected chi connectivity index (χ2v) is 6.33. The standard InChI is InChI=1S/C20H25N/c1-4-16(15-11-7-6-8-12-15)20-17-13-9-10-14-19(17)21(3)18(20)5-2/h1,9-10,13-16H,5-8,11-12H2,2-3H3. The molecule has 0 amide bonds. The Kier molecular flexibility index (Phi) is 4.06. The molecular formula is C20H25N. The van der Waals surface area contributed by atoms with E-state index in [1.807, 2.05) is 0 Å². The third kappa shape index (κ3) is 2.38. The summed E-state index contributed by atoms with van der Waals surface area (Å²) < 4.78 is 2.35. The Balaban J connectivity index is 2.15. The minimum absolute atomic E-state index is 0.284. The number of nitrogens with zero attached hydrogens (tertiary/aromatic N) is 1. The summed E-state index contributed by atoms with van der Waals surface area (Å²) in [4.78, 5) is 0. The predicted molar refractivity (Wildman–Crippen MR) is 90.4 cm³/mol. The molecule has 0 radical (unpaired) electrons. The Morgan fingerprint density at radius 2 is 1.95 bits per heavy atom. The van der Waals surface area contributed by atoms with Crippen molar-refractivity contribution < 1.29 is 0 Å². The number of hydrogen-bond donors (Lipinski definition) is 0. The zero-order valence-corrected chi connectivity index (χ0v) is 13.2. The summed E-state index contributed by atoms with van der Waals surface area (Å²) in [6, 6.07) is 8.72. The molecule has 0 N–H and O–H groups in total. The van der Waals surface area contributed by atoms with Crippen LogP contribution in [0.15, 0.2) is 24.3 Å². The Bertz CT molecular complexity index is 665. The van der Waals surface area contributed by atoms with E-state index in [0.717, 1.165) is 6.42 Å². The van der Waals surface area contributed by atoms with Gasteiger partial charge in [0.2, 0.25) is 0 Å². The van der Waals surface area contributed by atoms with Crippen molar-refractivity contribution in [2.45, 2.75) is 51.4 Å². The molecule has 1 aromatic carbocycles. The lowest BCUT2D eigenvalue weighted by atomic mass is 9.76. The van der Waals surface area contributed by atoms with E-state index < -0.39 is 0 Å². The summed E-state index contributed by atoms with van der Waals surface area (Å²) >= 11 is 0. The highest BCUT2D eigenvalue weighted by molar-refractivity contribution is 5.86. The minimum atomic E-state index is 0.284. The summed E-state index contributed by atoms with van der Waals surface area (Å²) in [5.41, 5.74) is 4.18. The summed E-state index contributed by atoms with van der Waals surface area (Å²) in [6.07, 6.45) is 13.7. The third-order valence-electron chi connectivity index (χ3n) is 5.22. The SMILES string of the molecule is C#CC(c1c(CC)n(C)c2ccccc12)C1CCCCC1. The number of aromatic nitrogens is 1. The molecule has 1 aliphatic carbocycles. The van der Waals surface area contributed by atoms with Crippen molar-refractivity contribution in [3.63, 3.8) is 0 Å². The normalized spacial score (nSPS) is 17.8. The van der Waals surface area contributed by atoms with Gasteiger partial charge in [0.15, 0.2) is 0 Å². The smallest absolute Gasteiger partial charge is 0.0501 e. The van der Waals surface area contributed by atoms with Crippen molar-refractivity contribution in [2.24, 2.45) is 13.0 Å². The van der Waals surface area contributed by atoms with Crippen molar-refractivity contribution in [3.05, 3.63) is 35.5 Å². The average Bonchev–Trinajstić information content (AvgIpc) is 2.82. The van der Waals surface area contributed by atoms with Crippen molar-refractivity contribution in [1.82, 2.24) is 4.57 Å². The van der Waals surface area contributed by atoms with Crippen molar-refractivity contribution in [1.29, 1.82) is 0 Å². The van der Waals surface area contributed by atoms with Crippen LogP contribution in [0.25, 0.3) is 10.9 Å². The summed E-state index contributed by atoms with van der Waals surface area (Å²) in [5, 5.41) is 1.37. The van der Waals surface area contributed by atoms with E-state index in [9.17, 15) is 0 Å². The molecule has 1 fully saturated rings. The van der Waals surface area contributed by atoms with E-state index in [1.54, 1.807) is 0 Å². The first-order valence-corrected chi connectivity index (χ1v) is 8.30. The molecule has 0 saturated heterocycles. The molecular weight excluding hydrogens is 254 g/mol. The highest BCUT2D eigenvalue weighted by atomic mass is 14.9. The van der Waals surface area contributed by atoms with Gasteiger partial charge in [-0.25, -0.2) is 0 Å². The fourth-order valence-electron chi connectivity index (χ4n) is 4.17. The van der Waals surface area contributed by atoms with Gasteiger partial charge in [-0.2, -0.15) is 0 Å². The fraction of sp³-hybridized carbons (Fsp3) is 0.500. The maximum Gasteiger partial charge on any atom is 0.0501 e. The topological polar surface area (TPSA) is 4.93 Å². The molecule has 1 nitrogen and oxygen atoms in total. The molecule has 0 bridgehead atoms. The van der Waals surface area contributed by atoms with Gasteiger partial charge >= 0.3 is 0 Å². The van der Waals surface area contributed by atoms with Crippen molar-refractivity contribution in [3.8, 4) is 12.3 Å². The lowest BCUT2D eigenvalue weighted by Gasteiger charge is -2.27. The van der Waals surface area contributed by atoms with Gasteiger partial charge in [0.1, 0.15) is 0 Å². The van der Waals surface area contributed by atoms with Gasteiger partial charge in [-0.3, -0.25) is 0 Å². The molecule has 1 atom stereocenters. The van der Waals surface area contributed by atoms with Crippen LogP contribution in [-0.4, -0.2) is 4.57 Å². The summed E-state index contributed by atoms with van der Waals surface area (Å²) in [7, 11) is 2.18. The molecule has 0 aliphatic heterocycles. The number of terminal acetylenes is 1. The van der Waals surface area contributed by atoms with Crippen LogP contribution < -0.4 is 0 Å². The first-order chi connectivity index (χ1) is 10.3. The van der Waals surface area contributed by atoms with Gasteiger partial charge < -0.3 is 4.57 Å². The minimum Gasteiger partial charge on any atom is -0.347 e. The highest BCUT2D eigenvalue weighted by Gasteiger charge is 2.28. The number of hydrogen-bond acceptors (Lipinski definition) is 0. The molecule has 1 unspecified atom stereocenters. The summed E-state index contributed by atoms with van der Waals surface area (Å²) in [6.45, 7) is 2.24. The highest BCUT2D eigenvalue weighted by Crippen LogP contribution is 2.41. The first-order valence-electron chi connectivity index (χ1n) is 8.30. The maximum absolute atomic E-state index is 6.00. The van der Waals surface area contributed by atoms with Crippen LogP contribution in [0.1, 0.15) is 56.2 Å².